The van der Waals surface area contributed by atoms with Gasteiger partial charge in [0.15, 0.2) is 0 Å². The van der Waals surface area contributed by atoms with E-state index in [4.69, 9.17) is 11.6 Å². The number of aryl methyl sites for hydroxylation is 2. The topological polar surface area (TPSA) is 0 Å². The predicted octanol–water partition coefficient (Wildman–Crippen LogP) is 2.84. The molecule has 0 aromatic heterocycles. The fourth-order valence-electron chi connectivity index (χ4n) is 1.06. The van der Waals surface area contributed by atoms with E-state index in [-0.39, 0.29) is 0 Å². The summed E-state index contributed by atoms with van der Waals surface area (Å²) < 4.78 is 0. The van der Waals surface area contributed by atoms with Crippen LogP contribution in [0.5, 0.6) is 0 Å². The van der Waals surface area contributed by atoms with Gasteiger partial charge in [0.2, 0.25) is 0 Å². The molecule has 0 nitrogen and oxygen atoms in total. The minimum Gasteiger partial charge on any atom is -0.122 e. The van der Waals surface area contributed by atoms with Crippen molar-refractivity contribution < 1.29 is 0 Å². The number of rotatable bonds is 1. The van der Waals surface area contributed by atoms with Crippen molar-refractivity contribution in [2.45, 2.75) is 19.7 Å². The smallest absolute Gasteiger partial charge is 0.0480 e. The molecule has 0 amide bonds. The van der Waals surface area contributed by atoms with Crippen molar-refractivity contribution in [1.82, 2.24) is 0 Å². The van der Waals surface area contributed by atoms with E-state index in [0.717, 1.165) is 11.1 Å². The van der Waals surface area contributed by atoms with E-state index in [9.17, 15) is 0 Å². The first kappa shape index (κ1) is 7.62. The maximum Gasteiger partial charge on any atom is 0.0480 e. The molecule has 0 unspecified atom stereocenters. The molecule has 1 aromatic rings. The van der Waals surface area contributed by atoms with E-state index >= 15 is 0 Å². The van der Waals surface area contributed by atoms with Crippen LogP contribution < -0.4 is 0 Å². The van der Waals surface area contributed by atoms with Crippen LogP contribution >= 0.6 is 11.6 Å². The molecule has 0 heterocycles. The van der Waals surface area contributed by atoms with Gasteiger partial charge in [-0.1, -0.05) is 17.7 Å². The van der Waals surface area contributed by atoms with Gasteiger partial charge in [-0.3, -0.25) is 0 Å². The third-order valence-electron chi connectivity index (χ3n) is 1.35. The predicted molar refractivity (Wildman–Crippen MR) is 44.3 cm³/mol. The highest BCUT2D eigenvalue weighted by molar-refractivity contribution is 6.17. The van der Waals surface area contributed by atoms with E-state index in [1.165, 1.54) is 5.56 Å². The Kier molecular flexibility index (Phi) is 2.34. The summed E-state index contributed by atoms with van der Waals surface area (Å²) in [6.07, 6.45) is 0. The van der Waals surface area contributed by atoms with Gasteiger partial charge in [-0.15, -0.1) is 11.6 Å². The van der Waals surface area contributed by atoms with Crippen LogP contribution in [0.4, 0.5) is 0 Å². The van der Waals surface area contributed by atoms with Crippen molar-refractivity contribution in [3.05, 3.63) is 34.9 Å². The zero-order valence-electron chi connectivity index (χ0n) is 6.24. The molecule has 0 saturated carbocycles. The lowest BCUT2D eigenvalue weighted by atomic mass is 10.1. The first-order valence-electron chi connectivity index (χ1n) is 3.28. The molecule has 0 bridgehead atoms. The Morgan fingerprint density at radius 1 is 1.40 bits per heavy atom. The van der Waals surface area contributed by atoms with Crippen LogP contribution in [0.15, 0.2) is 12.1 Å². The molecule has 0 saturated heterocycles. The Hall–Kier alpha value is -0.490. The van der Waals surface area contributed by atoms with Gasteiger partial charge in [0.1, 0.15) is 0 Å². The molecule has 0 aliphatic heterocycles. The molecule has 1 aromatic carbocycles. The molecule has 1 rings (SSSR count). The van der Waals surface area contributed by atoms with Gasteiger partial charge in [-0.2, -0.15) is 0 Å². The highest BCUT2D eigenvalue weighted by atomic mass is 35.5. The first-order chi connectivity index (χ1) is 4.72. The normalized spacial score (nSPS) is 9.90. The number of hydrogen-bond acceptors (Lipinski definition) is 0. The quantitative estimate of drug-likeness (QED) is 0.545. The largest absolute Gasteiger partial charge is 0.122 e. The van der Waals surface area contributed by atoms with E-state index in [0.29, 0.717) is 5.88 Å². The third-order valence-corrected chi connectivity index (χ3v) is 1.64. The van der Waals surface area contributed by atoms with Crippen molar-refractivity contribution >= 4 is 11.6 Å². The number of halogens is 1. The van der Waals surface area contributed by atoms with E-state index in [1.807, 2.05) is 6.92 Å². The SMILES string of the molecule is Cc1[c]c(CCl)cc(C)c1. The van der Waals surface area contributed by atoms with Crippen LogP contribution in [-0.2, 0) is 5.88 Å². The van der Waals surface area contributed by atoms with Crippen LogP contribution in [0.1, 0.15) is 16.7 Å². The van der Waals surface area contributed by atoms with Crippen molar-refractivity contribution in [1.29, 1.82) is 0 Å². The van der Waals surface area contributed by atoms with Crippen molar-refractivity contribution in [2.24, 2.45) is 0 Å². The molecular weight excluding hydrogens is 144 g/mol. The molecule has 1 radical (unpaired) electrons. The van der Waals surface area contributed by atoms with Gasteiger partial charge in [0.05, 0.1) is 0 Å². The third kappa shape index (κ3) is 1.74. The van der Waals surface area contributed by atoms with Gasteiger partial charge >= 0.3 is 0 Å². The summed E-state index contributed by atoms with van der Waals surface area (Å²) in [6.45, 7) is 4.10. The fourth-order valence-corrected chi connectivity index (χ4v) is 1.20. The van der Waals surface area contributed by atoms with Gasteiger partial charge < -0.3 is 0 Å². The van der Waals surface area contributed by atoms with Crippen LogP contribution in [0.25, 0.3) is 0 Å². The molecule has 10 heavy (non-hydrogen) atoms. The van der Waals surface area contributed by atoms with Gasteiger partial charge in [0.25, 0.3) is 0 Å². The monoisotopic (exact) mass is 153 g/mol. The standard InChI is InChI=1S/C9H10Cl/c1-7-3-8(2)5-9(4-7)6-10/h3-4H,6H2,1-2H3. The molecular formula is C9H10Cl. The Bertz CT molecular complexity index is 208. The fraction of sp³-hybridized carbons (Fsp3) is 0.333. The molecule has 0 fully saturated rings. The molecule has 53 valence electrons. The molecule has 0 N–H and O–H groups in total. The summed E-state index contributed by atoms with van der Waals surface area (Å²) in [4.78, 5) is 0. The maximum atomic E-state index is 5.64. The van der Waals surface area contributed by atoms with E-state index in [1.54, 1.807) is 0 Å². The molecule has 0 aliphatic rings. The molecule has 0 aliphatic carbocycles. The Morgan fingerprint density at radius 3 is 2.60 bits per heavy atom. The maximum absolute atomic E-state index is 5.64. The lowest BCUT2D eigenvalue weighted by molar-refractivity contribution is 1.29. The second kappa shape index (κ2) is 3.07. The Labute approximate surface area is 66.8 Å². The molecule has 0 spiro atoms. The van der Waals surface area contributed by atoms with Gasteiger partial charge in [-0.05, 0) is 31.0 Å². The van der Waals surface area contributed by atoms with E-state index < -0.39 is 0 Å². The van der Waals surface area contributed by atoms with Crippen LogP contribution in [0.2, 0.25) is 0 Å². The lowest BCUT2D eigenvalue weighted by Gasteiger charge is -1.98. The second-order valence-corrected chi connectivity index (χ2v) is 2.77. The van der Waals surface area contributed by atoms with Gasteiger partial charge in [0, 0.05) is 5.88 Å². The lowest BCUT2D eigenvalue weighted by Crippen LogP contribution is -1.83. The molecule has 0 atom stereocenters. The average molecular weight is 154 g/mol. The number of hydrogen-bond donors (Lipinski definition) is 0. The summed E-state index contributed by atoms with van der Waals surface area (Å²) >= 11 is 5.64. The summed E-state index contributed by atoms with van der Waals surface area (Å²) in [5.41, 5.74) is 3.50. The van der Waals surface area contributed by atoms with Crippen LogP contribution in [0.3, 0.4) is 0 Å². The zero-order valence-corrected chi connectivity index (χ0v) is 7.00. The number of benzene rings is 1. The van der Waals surface area contributed by atoms with Gasteiger partial charge in [-0.25, -0.2) is 0 Å². The Balaban J connectivity index is 3.06. The minimum atomic E-state index is 0.558. The number of alkyl halides is 1. The molecule has 1 heteroatoms. The Morgan fingerprint density at radius 2 is 2.10 bits per heavy atom. The summed E-state index contributed by atoms with van der Waals surface area (Å²) in [5.74, 6) is 0.558. The second-order valence-electron chi connectivity index (χ2n) is 2.50. The zero-order chi connectivity index (χ0) is 7.56. The van der Waals surface area contributed by atoms with E-state index in [2.05, 4.69) is 25.1 Å². The van der Waals surface area contributed by atoms with Crippen molar-refractivity contribution in [3.63, 3.8) is 0 Å². The summed E-state index contributed by atoms with van der Waals surface area (Å²) in [5, 5.41) is 0. The average Bonchev–Trinajstić information content (AvgIpc) is 1.85. The van der Waals surface area contributed by atoms with Crippen LogP contribution in [-0.4, -0.2) is 0 Å². The van der Waals surface area contributed by atoms with Crippen molar-refractivity contribution in [2.75, 3.05) is 0 Å². The first-order valence-corrected chi connectivity index (χ1v) is 3.81. The minimum absolute atomic E-state index is 0.558. The summed E-state index contributed by atoms with van der Waals surface area (Å²) in [6, 6.07) is 7.31. The van der Waals surface area contributed by atoms with Crippen LogP contribution in [0, 0.1) is 19.9 Å². The highest BCUT2D eigenvalue weighted by Gasteiger charge is 1.92. The highest BCUT2D eigenvalue weighted by Crippen LogP contribution is 2.09. The summed E-state index contributed by atoms with van der Waals surface area (Å²) in [7, 11) is 0. The van der Waals surface area contributed by atoms with Crippen molar-refractivity contribution in [3.8, 4) is 0 Å².